The van der Waals surface area contributed by atoms with E-state index in [0.29, 0.717) is 30.7 Å². The number of hydrogen-bond acceptors (Lipinski definition) is 9. The molecule has 1 heterocycles. The minimum absolute atomic E-state index is 0.250. The molecule has 0 spiro atoms. The maximum Gasteiger partial charge on any atom is 0.317 e. The summed E-state index contributed by atoms with van der Waals surface area (Å²) in [6.07, 6.45) is 3.74. The zero-order chi connectivity index (χ0) is 35.8. The van der Waals surface area contributed by atoms with Crippen molar-refractivity contribution in [3.8, 4) is 16.9 Å². The van der Waals surface area contributed by atoms with Crippen LogP contribution in [0.3, 0.4) is 0 Å². The zero-order valence-corrected chi connectivity index (χ0v) is 29.6. The first kappa shape index (κ1) is 38.0. The lowest BCUT2D eigenvalue weighted by molar-refractivity contribution is -0.117. The Labute approximate surface area is 298 Å². The first-order chi connectivity index (χ1) is 24.1. The highest BCUT2D eigenvalue weighted by Crippen LogP contribution is 2.53. The number of rotatable bonds is 19. The van der Waals surface area contributed by atoms with E-state index in [1.165, 1.54) is 4.90 Å². The summed E-state index contributed by atoms with van der Waals surface area (Å²) in [7, 11) is 0. The van der Waals surface area contributed by atoms with Crippen molar-refractivity contribution < 1.29 is 39.8 Å². The number of nitrogens with zero attached hydrogens (tertiary/aromatic N) is 2. The van der Waals surface area contributed by atoms with E-state index in [0.717, 1.165) is 77.7 Å². The summed E-state index contributed by atoms with van der Waals surface area (Å²) >= 11 is 6.79. The van der Waals surface area contributed by atoms with E-state index in [1.807, 2.05) is 42.7 Å². The van der Waals surface area contributed by atoms with Gasteiger partial charge in [-0.1, -0.05) is 35.9 Å². The second-order valence-corrected chi connectivity index (χ2v) is 13.8. The van der Waals surface area contributed by atoms with E-state index in [9.17, 15) is 25.2 Å². The number of aliphatic hydroxyl groups is 5. The van der Waals surface area contributed by atoms with Gasteiger partial charge in [0.1, 0.15) is 30.2 Å². The van der Waals surface area contributed by atoms with Gasteiger partial charge in [-0.15, -0.1) is 0 Å². The summed E-state index contributed by atoms with van der Waals surface area (Å²) in [6, 6.07) is 13.9. The molecule has 3 aromatic rings. The summed E-state index contributed by atoms with van der Waals surface area (Å²) in [5.41, 5.74) is 5.95. The van der Waals surface area contributed by atoms with Gasteiger partial charge >= 0.3 is 6.03 Å². The van der Waals surface area contributed by atoms with Crippen LogP contribution in [0, 0.1) is 6.92 Å². The number of para-hydroxylation sites is 1. The molecule has 6 N–H and O–H groups in total. The number of urea groups is 1. The third-order valence-electron chi connectivity index (χ3n) is 9.57. The van der Waals surface area contributed by atoms with Gasteiger partial charge in [0.05, 0.1) is 31.5 Å². The molecule has 12 heteroatoms. The van der Waals surface area contributed by atoms with Gasteiger partial charge in [0.25, 0.3) is 0 Å². The summed E-state index contributed by atoms with van der Waals surface area (Å²) in [6.45, 7) is 3.82. The molecule has 4 unspecified atom stereocenters. The molecule has 0 bridgehead atoms. The lowest BCUT2D eigenvalue weighted by atomic mass is 9.96. The van der Waals surface area contributed by atoms with Crippen LogP contribution in [0.1, 0.15) is 67.7 Å². The maximum absolute atomic E-state index is 12.7. The van der Waals surface area contributed by atoms with E-state index in [4.69, 9.17) is 26.2 Å². The van der Waals surface area contributed by atoms with Crippen LogP contribution in [0.4, 0.5) is 4.79 Å². The number of aromatic nitrogens is 1. The van der Waals surface area contributed by atoms with Crippen molar-refractivity contribution in [3.05, 3.63) is 82.1 Å². The number of carbonyl (C=O) groups excluding carboxylic acids is 1. The van der Waals surface area contributed by atoms with Crippen molar-refractivity contribution in [1.82, 2.24) is 15.2 Å². The Kier molecular flexibility index (Phi) is 13.1. The minimum atomic E-state index is -1.74. The number of aliphatic hydroxyl groups excluding tert-OH is 5. The maximum atomic E-state index is 12.7. The second-order valence-electron chi connectivity index (χ2n) is 13.4. The van der Waals surface area contributed by atoms with Crippen molar-refractivity contribution in [2.24, 2.45) is 0 Å². The molecule has 0 saturated heterocycles. The Bertz CT molecular complexity index is 1580. The van der Waals surface area contributed by atoms with Crippen molar-refractivity contribution in [3.63, 3.8) is 0 Å². The summed E-state index contributed by atoms with van der Waals surface area (Å²) in [4.78, 5) is 18.4. The largest absolute Gasteiger partial charge is 0.490 e. The molecule has 272 valence electrons. The normalized spacial score (nSPS) is 17.4. The van der Waals surface area contributed by atoms with Crippen LogP contribution in [-0.4, -0.2) is 98.2 Å². The van der Waals surface area contributed by atoms with Crippen LogP contribution in [0.15, 0.2) is 54.9 Å². The number of amides is 2. The quantitative estimate of drug-likeness (QED) is 0.0998. The fourth-order valence-electron chi connectivity index (χ4n) is 6.13. The van der Waals surface area contributed by atoms with Gasteiger partial charge in [0, 0.05) is 41.6 Å². The Balaban J connectivity index is 1.11. The van der Waals surface area contributed by atoms with E-state index in [2.05, 4.69) is 29.4 Å². The smallest absolute Gasteiger partial charge is 0.317 e. The second kappa shape index (κ2) is 17.3. The number of aryl methyl sites for hydroxylation is 2. The topological polar surface area (TPSA) is 165 Å². The molecular weight excluding hydrogens is 662 g/mol. The molecular formula is C38H50ClN3O8. The highest BCUT2D eigenvalue weighted by Gasteiger charge is 2.48. The van der Waals surface area contributed by atoms with Crippen LogP contribution < -0.4 is 10.1 Å². The van der Waals surface area contributed by atoms with E-state index < -0.39 is 42.7 Å². The third-order valence-corrected chi connectivity index (χ3v) is 9.92. The highest BCUT2D eigenvalue weighted by atomic mass is 35.5. The van der Waals surface area contributed by atoms with E-state index in [-0.39, 0.29) is 13.1 Å². The van der Waals surface area contributed by atoms with Crippen molar-refractivity contribution in [2.75, 3.05) is 26.2 Å². The monoisotopic (exact) mass is 711 g/mol. The first-order valence-corrected chi connectivity index (χ1v) is 17.9. The predicted octanol–water partition coefficient (Wildman–Crippen LogP) is 4.25. The van der Waals surface area contributed by atoms with Gasteiger partial charge < -0.3 is 45.2 Å². The third kappa shape index (κ3) is 9.52. The molecule has 2 aromatic carbocycles. The van der Waals surface area contributed by atoms with E-state index >= 15 is 0 Å². The Morgan fingerprint density at radius 1 is 1.04 bits per heavy atom. The molecule has 0 aliphatic heterocycles. The number of pyridine rings is 1. The van der Waals surface area contributed by atoms with Crippen molar-refractivity contribution in [1.29, 1.82) is 0 Å². The van der Waals surface area contributed by atoms with Crippen LogP contribution in [0.25, 0.3) is 11.1 Å². The Morgan fingerprint density at radius 3 is 2.48 bits per heavy atom. The van der Waals surface area contributed by atoms with Crippen LogP contribution >= 0.6 is 11.6 Å². The van der Waals surface area contributed by atoms with Crippen molar-refractivity contribution >= 4 is 17.6 Å². The number of ether oxygens (including phenoxy) is 2. The fourth-order valence-corrected chi connectivity index (χ4v) is 6.37. The lowest BCUT2D eigenvalue weighted by Gasteiger charge is -2.30. The van der Waals surface area contributed by atoms with Gasteiger partial charge in [0.2, 0.25) is 0 Å². The molecule has 4 atom stereocenters. The minimum Gasteiger partial charge on any atom is -0.490 e. The molecule has 2 aliphatic rings. The Hall–Kier alpha value is -3.29. The number of likely N-dealkylation sites (N-methyl/N-ethyl adjacent to an activating group) is 1. The number of carbonyl (C=O) groups is 1. The fraction of sp³-hybridized carbons (Fsp3) is 0.526. The predicted molar refractivity (Wildman–Crippen MR) is 190 cm³/mol. The highest BCUT2D eigenvalue weighted by molar-refractivity contribution is 6.31. The number of benzene rings is 2. The van der Waals surface area contributed by atoms with Crippen LogP contribution in [0.2, 0.25) is 5.02 Å². The van der Waals surface area contributed by atoms with Gasteiger partial charge in [-0.25, -0.2) is 4.79 Å². The first-order valence-electron chi connectivity index (χ1n) is 17.5. The number of halogens is 1. The standard InChI is InChI=1S/C38H50ClN3O8/c1-3-42(21-32(44)35(46)36(47)33(45)22-43)37(48)41-16-7-6-8-25-19-31(39)26(18-24(25)2)23-49-38(14-15-38)30-20-40-17-13-28(30)29-9-4-5-10-34(29)50-27-11-12-27/h4-5,9-10,13,17-20,27,32-33,35-36,43-47H,3,6-8,11-12,14-16,21-23H2,1-2H3,(H,41,48). The molecule has 50 heavy (non-hydrogen) atoms. The summed E-state index contributed by atoms with van der Waals surface area (Å²) in [5, 5.41) is 52.1. The van der Waals surface area contributed by atoms with Crippen LogP contribution in [0.5, 0.6) is 5.75 Å². The average Bonchev–Trinajstić information content (AvgIpc) is 4.07. The Morgan fingerprint density at radius 2 is 1.78 bits per heavy atom. The molecule has 2 fully saturated rings. The summed E-state index contributed by atoms with van der Waals surface area (Å²) < 4.78 is 12.9. The number of nitrogens with one attached hydrogen (secondary N) is 1. The molecule has 5 rings (SSSR count). The van der Waals surface area contributed by atoms with Gasteiger partial charge in [-0.3, -0.25) is 4.98 Å². The molecule has 11 nitrogen and oxygen atoms in total. The SMILES string of the molecule is CCN(CC(O)C(O)C(O)C(O)CO)C(=O)NCCCCc1cc(Cl)c(COC2(c3cnccc3-c3ccccc3OC3CC3)CC2)cc1C. The van der Waals surface area contributed by atoms with Crippen molar-refractivity contribution in [2.45, 2.75) is 102 Å². The molecule has 2 saturated carbocycles. The average molecular weight is 712 g/mol. The molecule has 2 amide bonds. The number of unbranched alkanes of at least 4 members (excludes halogenated alkanes) is 1. The van der Waals surface area contributed by atoms with Crippen LogP contribution in [-0.2, 0) is 23.4 Å². The van der Waals surface area contributed by atoms with Gasteiger partial charge in [-0.2, -0.15) is 0 Å². The molecule has 0 radical (unpaired) electrons. The van der Waals surface area contributed by atoms with Gasteiger partial charge in [0.15, 0.2) is 0 Å². The zero-order valence-electron chi connectivity index (χ0n) is 28.8. The molecule has 2 aliphatic carbocycles. The van der Waals surface area contributed by atoms with Gasteiger partial charge in [-0.05, 0) is 99.2 Å². The van der Waals surface area contributed by atoms with E-state index in [1.54, 1.807) is 6.92 Å². The summed E-state index contributed by atoms with van der Waals surface area (Å²) in [5.74, 6) is 0.892. The molecule has 1 aromatic heterocycles. The number of hydrogen-bond donors (Lipinski definition) is 6. The lowest BCUT2D eigenvalue weighted by Crippen LogP contribution is -2.52.